The van der Waals surface area contributed by atoms with Gasteiger partial charge < -0.3 is 5.32 Å². The van der Waals surface area contributed by atoms with Gasteiger partial charge in [0.2, 0.25) is 0 Å². The third-order valence-corrected chi connectivity index (χ3v) is 5.18. The van der Waals surface area contributed by atoms with E-state index in [4.69, 9.17) is 11.6 Å². The van der Waals surface area contributed by atoms with Gasteiger partial charge in [0.1, 0.15) is 5.82 Å². The zero-order valence-electron chi connectivity index (χ0n) is 11.4. The number of carbonyl (C=O) groups excluding carboxylic acids is 1. The van der Waals surface area contributed by atoms with Crippen LogP contribution in [0.4, 0.5) is 4.39 Å². The molecule has 1 aromatic carbocycles. The van der Waals surface area contributed by atoms with Gasteiger partial charge in [-0.1, -0.05) is 17.7 Å². The number of carbonyl (C=O) groups is 1. The molecule has 1 aromatic heterocycles. The van der Waals surface area contributed by atoms with E-state index in [0.717, 1.165) is 23.3 Å². The average molecular weight is 324 g/mol. The molecular formula is C16H15ClFNOS. The molecule has 0 bridgehead atoms. The number of amides is 1. The molecule has 2 nitrogen and oxygen atoms in total. The number of halogens is 2. The van der Waals surface area contributed by atoms with Gasteiger partial charge in [-0.2, -0.15) is 0 Å². The molecule has 21 heavy (non-hydrogen) atoms. The van der Waals surface area contributed by atoms with Gasteiger partial charge in [-0.3, -0.25) is 4.79 Å². The van der Waals surface area contributed by atoms with Crippen LogP contribution in [-0.2, 0) is 19.4 Å². The van der Waals surface area contributed by atoms with Gasteiger partial charge in [0.05, 0.1) is 9.90 Å². The van der Waals surface area contributed by atoms with Crippen LogP contribution in [-0.4, -0.2) is 5.91 Å². The van der Waals surface area contributed by atoms with Crippen molar-refractivity contribution >= 4 is 28.8 Å². The zero-order chi connectivity index (χ0) is 14.8. The van der Waals surface area contributed by atoms with Crippen LogP contribution < -0.4 is 5.32 Å². The molecule has 2 aromatic rings. The van der Waals surface area contributed by atoms with Crippen molar-refractivity contribution in [2.75, 3.05) is 0 Å². The van der Waals surface area contributed by atoms with Crippen molar-refractivity contribution in [3.05, 3.63) is 56.0 Å². The smallest absolute Gasteiger partial charge is 0.261 e. The van der Waals surface area contributed by atoms with Crippen LogP contribution >= 0.6 is 22.9 Å². The molecule has 1 amide bonds. The minimum Gasteiger partial charge on any atom is -0.347 e. The Morgan fingerprint density at radius 1 is 1.29 bits per heavy atom. The first-order valence-corrected chi connectivity index (χ1v) is 8.16. The van der Waals surface area contributed by atoms with E-state index in [1.165, 1.54) is 35.4 Å². The van der Waals surface area contributed by atoms with Gasteiger partial charge in [0.25, 0.3) is 5.91 Å². The van der Waals surface area contributed by atoms with E-state index in [0.29, 0.717) is 6.54 Å². The van der Waals surface area contributed by atoms with Crippen molar-refractivity contribution in [2.24, 2.45) is 0 Å². The zero-order valence-corrected chi connectivity index (χ0v) is 13.0. The highest BCUT2D eigenvalue weighted by molar-refractivity contribution is 7.14. The molecule has 0 fully saturated rings. The predicted octanol–water partition coefficient (Wildman–Crippen LogP) is 4.35. The lowest BCUT2D eigenvalue weighted by molar-refractivity contribution is 0.0955. The Hall–Kier alpha value is -1.39. The lowest BCUT2D eigenvalue weighted by Crippen LogP contribution is -2.21. The SMILES string of the molecule is O=C(NCc1ccc(F)c(Cl)c1)c1cc2c(s1)CCCC2. The van der Waals surface area contributed by atoms with Gasteiger partial charge in [-0.05, 0) is 55.0 Å². The molecule has 5 heteroatoms. The second-order valence-electron chi connectivity index (χ2n) is 5.20. The Labute approximate surface area is 131 Å². The Balaban J connectivity index is 1.66. The molecule has 3 rings (SSSR count). The van der Waals surface area contributed by atoms with Crippen molar-refractivity contribution in [3.8, 4) is 0 Å². The van der Waals surface area contributed by atoms with Crippen molar-refractivity contribution < 1.29 is 9.18 Å². The fourth-order valence-corrected chi connectivity index (χ4v) is 3.89. The van der Waals surface area contributed by atoms with E-state index in [2.05, 4.69) is 5.32 Å². The molecule has 110 valence electrons. The summed E-state index contributed by atoms with van der Waals surface area (Å²) >= 11 is 7.32. The van der Waals surface area contributed by atoms with Crippen LogP contribution in [0.25, 0.3) is 0 Å². The fraction of sp³-hybridized carbons (Fsp3) is 0.312. The number of fused-ring (bicyclic) bond motifs is 1. The Morgan fingerprint density at radius 2 is 2.10 bits per heavy atom. The number of aryl methyl sites for hydroxylation is 2. The quantitative estimate of drug-likeness (QED) is 0.894. The lowest BCUT2D eigenvalue weighted by Gasteiger charge is -2.08. The van der Waals surface area contributed by atoms with Crippen LogP contribution in [0.3, 0.4) is 0 Å². The summed E-state index contributed by atoms with van der Waals surface area (Å²) in [6, 6.07) is 6.48. The number of nitrogens with one attached hydrogen (secondary N) is 1. The second-order valence-corrected chi connectivity index (χ2v) is 6.74. The van der Waals surface area contributed by atoms with E-state index >= 15 is 0 Å². The monoisotopic (exact) mass is 323 g/mol. The Bertz CT molecular complexity index is 659. The first kappa shape index (κ1) is 14.5. The van der Waals surface area contributed by atoms with Gasteiger partial charge >= 0.3 is 0 Å². The highest BCUT2D eigenvalue weighted by atomic mass is 35.5. The summed E-state index contributed by atoms with van der Waals surface area (Å²) in [6.07, 6.45) is 4.58. The van der Waals surface area contributed by atoms with Crippen LogP contribution in [0.15, 0.2) is 24.3 Å². The van der Waals surface area contributed by atoms with E-state index in [1.54, 1.807) is 17.4 Å². The van der Waals surface area contributed by atoms with Gasteiger partial charge in [-0.25, -0.2) is 4.39 Å². The molecule has 0 aliphatic heterocycles. The average Bonchev–Trinajstić information content (AvgIpc) is 2.92. The molecule has 0 spiro atoms. The molecule has 1 N–H and O–H groups in total. The third-order valence-electron chi connectivity index (χ3n) is 3.66. The van der Waals surface area contributed by atoms with E-state index < -0.39 is 5.82 Å². The second kappa shape index (κ2) is 6.16. The molecule has 0 saturated carbocycles. The van der Waals surface area contributed by atoms with Crippen molar-refractivity contribution in [1.82, 2.24) is 5.32 Å². The van der Waals surface area contributed by atoms with Crippen LogP contribution in [0, 0.1) is 5.82 Å². The summed E-state index contributed by atoms with van der Waals surface area (Å²) in [5.41, 5.74) is 2.11. The highest BCUT2D eigenvalue weighted by Crippen LogP contribution is 2.29. The summed E-state index contributed by atoms with van der Waals surface area (Å²) < 4.78 is 13.1. The van der Waals surface area contributed by atoms with Crippen molar-refractivity contribution in [1.29, 1.82) is 0 Å². The normalized spacial score (nSPS) is 13.8. The molecule has 0 radical (unpaired) electrons. The molecule has 1 aliphatic carbocycles. The number of hydrogen-bond donors (Lipinski definition) is 1. The molecule has 0 unspecified atom stereocenters. The van der Waals surface area contributed by atoms with Crippen molar-refractivity contribution in [3.63, 3.8) is 0 Å². The topological polar surface area (TPSA) is 29.1 Å². The molecular weight excluding hydrogens is 309 g/mol. The summed E-state index contributed by atoms with van der Waals surface area (Å²) in [6.45, 7) is 0.349. The van der Waals surface area contributed by atoms with Gasteiger partial charge in [0.15, 0.2) is 0 Å². The van der Waals surface area contributed by atoms with Crippen LogP contribution in [0.1, 0.15) is 38.5 Å². The van der Waals surface area contributed by atoms with Gasteiger partial charge in [0, 0.05) is 11.4 Å². The largest absolute Gasteiger partial charge is 0.347 e. The maximum atomic E-state index is 13.1. The first-order valence-electron chi connectivity index (χ1n) is 6.97. The highest BCUT2D eigenvalue weighted by Gasteiger charge is 2.17. The Morgan fingerprint density at radius 3 is 2.86 bits per heavy atom. The fourth-order valence-electron chi connectivity index (χ4n) is 2.52. The standard InChI is InChI=1S/C16H15ClFNOS/c17-12-7-10(5-6-13(12)18)9-19-16(20)15-8-11-3-1-2-4-14(11)21-15/h5-8H,1-4,9H2,(H,19,20). The lowest BCUT2D eigenvalue weighted by atomic mass is 9.99. The molecule has 1 aliphatic rings. The Kier molecular flexibility index (Phi) is 4.27. The van der Waals surface area contributed by atoms with Crippen LogP contribution in [0.2, 0.25) is 5.02 Å². The minimum atomic E-state index is -0.447. The van der Waals surface area contributed by atoms with E-state index in [9.17, 15) is 9.18 Å². The van der Waals surface area contributed by atoms with Crippen LogP contribution in [0.5, 0.6) is 0 Å². The molecule has 0 atom stereocenters. The maximum Gasteiger partial charge on any atom is 0.261 e. The molecule has 0 saturated heterocycles. The summed E-state index contributed by atoms with van der Waals surface area (Å²) in [7, 11) is 0. The minimum absolute atomic E-state index is 0.0742. The summed E-state index contributed by atoms with van der Waals surface area (Å²) in [5, 5.41) is 2.94. The van der Waals surface area contributed by atoms with Gasteiger partial charge in [-0.15, -0.1) is 11.3 Å². The summed E-state index contributed by atoms with van der Waals surface area (Å²) in [5.74, 6) is -0.521. The number of rotatable bonds is 3. The maximum absolute atomic E-state index is 13.1. The van der Waals surface area contributed by atoms with Crippen molar-refractivity contribution in [2.45, 2.75) is 32.2 Å². The number of benzene rings is 1. The predicted molar refractivity (Wildman–Crippen MR) is 83.5 cm³/mol. The van der Waals surface area contributed by atoms with E-state index in [1.807, 2.05) is 6.07 Å². The number of hydrogen-bond acceptors (Lipinski definition) is 2. The van der Waals surface area contributed by atoms with E-state index in [-0.39, 0.29) is 10.9 Å². The molecule has 1 heterocycles. The number of thiophene rings is 1. The first-order chi connectivity index (χ1) is 10.1. The third kappa shape index (κ3) is 3.27. The summed E-state index contributed by atoms with van der Waals surface area (Å²) in [4.78, 5) is 14.3.